The van der Waals surface area contributed by atoms with Crippen LogP contribution in [0, 0.1) is 0 Å². The van der Waals surface area contributed by atoms with E-state index in [2.05, 4.69) is 15.9 Å². The second-order valence-electron chi connectivity index (χ2n) is 6.23. The Bertz CT molecular complexity index is 1020. The van der Waals surface area contributed by atoms with Crippen molar-refractivity contribution >= 4 is 39.6 Å². The summed E-state index contributed by atoms with van der Waals surface area (Å²) in [6.07, 6.45) is 1.62. The van der Waals surface area contributed by atoms with Crippen molar-refractivity contribution in [3.63, 3.8) is 0 Å². The van der Waals surface area contributed by atoms with Crippen LogP contribution in [0.1, 0.15) is 12.5 Å². The molecular weight excluding hydrogens is 438 g/mol. The summed E-state index contributed by atoms with van der Waals surface area (Å²) in [6, 6.07) is 12.5. The van der Waals surface area contributed by atoms with Gasteiger partial charge in [0.15, 0.2) is 0 Å². The van der Waals surface area contributed by atoms with E-state index in [9.17, 15) is 9.59 Å². The third-order valence-electron chi connectivity index (χ3n) is 4.61. The van der Waals surface area contributed by atoms with Crippen LogP contribution < -0.4 is 14.4 Å². The average molecular weight is 458 g/mol. The Labute approximate surface area is 177 Å². The Hall–Kier alpha value is -3.06. The molecule has 1 heterocycles. The molecule has 0 aromatic heterocycles. The van der Waals surface area contributed by atoms with Crippen molar-refractivity contribution in [1.82, 2.24) is 0 Å². The van der Waals surface area contributed by atoms with Crippen molar-refractivity contribution in [2.24, 2.45) is 0 Å². The normalized spacial score (nSPS) is 15.1. The molecule has 6 nitrogen and oxygen atoms in total. The topological polar surface area (TPSA) is 65.1 Å². The Kier molecular flexibility index (Phi) is 6.08. The van der Waals surface area contributed by atoms with Crippen LogP contribution in [0.2, 0.25) is 0 Å². The lowest BCUT2D eigenvalue weighted by atomic mass is 10.0. The van der Waals surface area contributed by atoms with Crippen LogP contribution in [-0.2, 0) is 14.3 Å². The molecule has 2 aromatic rings. The Morgan fingerprint density at radius 2 is 1.72 bits per heavy atom. The third kappa shape index (κ3) is 3.91. The van der Waals surface area contributed by atoms with Gasteiger partial charge in [-0.25, -0.2) is 4.79 Å². The molecule has 150 valence electrons. The SMILES string of the molecule is COC(=O)C1=C(C)N(c2ccc(Br)cc2)C(=O)/C1=C\c1cc(OC)ccc1OC. The highest BCUT2D eigenvalue weighted by molar-refractivity contribution is 9.10. The number of hydrogen-bond donors (Lipinski definition) is 0. The summed E-state index contributed by atoms with van der Waals surface area (Å²) >= 11 is 3.39. The highest BCUT2D eigenvalue weighted by atomic mass is 79.9. The van der Waals surface area contributed by atoms with Gasteiger partial charge in [-0.2, -0.15) is 0 Å². The van der Waals surface area contributed by atoms with Gasteiger partial charge in [0.05, 0.1) is 32.5 Å². The predicted octanol–water partition coefficient (Wildman–Crippen LogP) is 4.34. The standard InChI is InChI=1S/C22H20BrNO5/c1-13-20(22(26)29-4)18(12-14-11-17(27-2)9-10-19(14)28-3)21(25)24(13)16-7-5-15(23)6-8-16/h5-12H,1-4H3/b18-12-. The molecule has 0 N–H and O–H groups in total. The lowest BCUT2D eigenvalue weighted by Crippen LogP contribution is -2.24. The summed E-state index contributed by atoms with van der Waals surface area (Å²) in [4.78, 5) is 27.3. The van der Waals surface area contributed by atoms with E-state index in [0.29, 0.717) is 28.4 Å². The number of hydrogen-bond acceptors (Lipinski definition) is 5. The number of allylic oxidation sites excluding steroid dienone is 1. The predicted molar refractivity (Wildman–Crippen MR) is 114 cm³/mol. The van der Waals surface area contributed by atoms with Crippen LogP contribution in [0.25, 0.3) is 6.08 Å². The van der Waals surface area contributed by atoms with E-state index < -0.39 is 5.97 Å². The molecule has 7 heteroatoms. The maximum atomic E-state index is 13.3. The molecule has 0 spiro atoms. The highest BCUT2D eigenvalue weighted by Gasteiger charge is 2.38. The van der Waals surface area contributed by atoms with Crippen LogP contribution in [0.15, 0.2) is 63.8 Å². The summed E-state index contributed by atoms with van der Waals surface area (Å²) < 4.78 is 16.5. The summed E-state index contributed by atoms with van der Waals surface area (Å²) in [7, 11) is 4.38. The number of ether oxygens (including phenoxy) is 3. The molecule has 0 unspecified atom stereocenters. The van der Waals surface area contributed by atoms with E-state index in [-0.39, 0.29) is 17.1 Å². The first kappa shape index (κ1) is 20.7. The Morgan fingerprint density at radius 3 is 2.31 bits per heavy atom. The molecular formula is C22H20BrNO5. The quantitative estimate of drug-likeness (QED) is 0.493. The Balaban J connectivity index is 2.17. The van der Waals surface area contributed by atoms with E-state index in [1.54, 1.807) is 50.4 Å². The van der Waals surface area contributed by atoms with Crippen LogP contribution in [0.3, 0.4) is 0 Å². The number of carbonyl (C=O) groups is 2. The van der Waals surface area contributed by atoms with E-state index in [0.717, 1.165) is 4.47 Å². The fraction of sp³-hybridized carbons (Fsp3) is 0.182. The first-order valence-corrected chi connectivity index (χ1v) is 9.53. The highest BCUT2D eigenvalue weighted by Crippen LogP contribution is 2.37. The molecule has 0 saturated heterocycles. The van der Waals surface area contributed by atoms with Gasteiger partial charge in [-0.05, 0) is 55.5 Å². The molecule has 2 aromatic carbocycles. The van der Waals surface area contributed by atoms with Gasteiger partial charge in [0.25, 0.3) is 5.91 Å². The van der Waals surface area contributed by atoms with Crippen molar-refractivity contribution in [2.75, 3.05) is 26.2 Å². The maximum absolute atomic E-state index is 13.3. The van der Waals surface area contributed by atoms with Crippen molar-refractivity contribution in [2.45, 2.75) is 6.92 Å². The van der Waals surface area contributed by atoms with Crippen LogP contribution in [0.5, 0.6) is 11.5 Å². The van der Waals surface area contributed by atoms with E-state index in [1.807, 2.05) is 12.1 Å². The zero-order valence-corrected chi connectivity index (χ0v) is 18.1. The molecule has 29 heavy (non-hydrogen) atoms. The lowest BCUT2D eigenvalue weighted by Gasteiger charge is -2.18. The van der Waals surface area contributed by atoms with Crippen LogP contribution in [0.4, 0.5) is 5.69 Å². The van der Waals surface area contributed by atoms with Gasteiger partial charge >= 0.3 is 5.97 Å². The van der Waals surface area contributed by atoms with Crippen molar-refractivity contribution in [3.8, 4) is 11.5 Å². The van der Waals surface area contributed by atoms with Crippen molar-refractivity contribution < 1.29 is 23.8 Å². The minimum atomic E-state index is -0.580. The van der Waals surface area contributed by atoms with Gasteiger partial charge in [0.1, 0.15) is 11.5 Å². The lowest BCUT2D eigenvalue weighted by molar-refractivity contribution is -0.136. The third-order valence-corrected chi connectivity index (χ3v) is 5.14. The smallest absolute Gasteiger partial charge is 0.340 e. The molecule has 0 fully saturated rings. The molecule has 0 aliphatic carbocycles. The number of carbonyl (C=O) groups excluding carboxylic acids is 2. The fourth-order valence-corrected chi connectivity index (χ4v) is 3.45. The van der Waals surface area contributed by atoms with Crippen LogP contribution >= 0.6 is 15.9 Å². The van der Waals surface area contributed by atoms with Crippen molar-refractivity contribution in [1.29, 1.82) is 0 Å². The number of nitrogens with zero attached hydrogens (tertiary/aromatic N) is 1. The number of esters is 1. The van der Waals surface area contributed by atoms with Gasteiger partial charge in [0, 0.05) is 21.4 Å². The largest absolute Gasteiger partial charge is 0.497 e. The van der Waals surface area contributed by atoms with Gasteiger partial charge in [0.2, 0.25) is 0 Å². The molecule has 1 aliphatic heterocycles. The van der Waals surface area contributed by atoms with Gasteiger partial charge in [-0.3, -0.25) is 9.69 Å². The molecule has 0 bridgehead atoms. The average Bonchev–Trinajstić information content (AvgIpc) is 2.97. The maximum Gasteiger partial charge on any atom is 0.340 e. The zero-order chi connectivity index (χ0) is 21.1. The second kappa shape index (κ2) is 8.53. The monoisotopic (exact) mass is 457 g/mol. The minimum Gasteiger partial charge on any atom is -0.497 e. The van der Waals surface area contributed by atoms with Crippen molar-refractivity contribution in [3.05, 3.63) is 69.3 Å². The second-order valence-corrected chi connectivity index (χ2v) is 7.15. The van der Waals surface area contributed by atoms with Gasteiger partial charge in [-0.1, -0.05) is 15.9 Å². The number of rotatable bonds is 5. The summed E-state index contributed by atoms with van der Waals surface area (Å²) in [5, 5.41) is 0. The zero-order valence-electron chi connectivity index (χ0n) is 16.5. The molecule has 1 aliphatic rings. The number of anilines is 1. The first-order chi connectivity index (χ1) is 13.9. The fourth-order valence-electron chi connectivity index (χ4n) is 3.19. The summed E-state index contributed by atoms with van der Waals surface area (Å²) in [5.74, 6) is 0.252. The minimum absolute atomic E-state index is 0.213. The molecule has 1 amide bonds. The molecule has 3 rings (SSSR count). The number of benzene rings is 2. The summed E-state index contributed by atoms with van der Waals surface area (Å²) in [5.41, 5.74) is 2.20. The molecule has 0 saturated carbocycles. The number of amides is 1. The van der Waals surface area contributed by atoms with Gasteiger partial charge < -0.3 is 14.2 Å². The van der Waals surface area contributed by atoms with E-state index >= 15 is 0 Å². The number of halogens is 1. The Morgan fingerprint density at radius 1 is 1.03 bits per heavy atom. The van der Waals surface area contributed by atoms with Gasteiger partial charge in [-0.15, -0.1) is 0 Å². The summed E-state index contributed by atoms with van der Waals surface area (Å²) in [6.45, 7) is 1.72. The van der Waals surface area contributed by atoms with E-state index in [4.69, 9.17) is 14.2 Å². The van der Waals surface area contributed by atoms with E-state index in [1.165, 1.54) is 19.1 Å². The number of methoxy groups -OCH3 is 3. The first-order valence-electron chi connectivity index (χ1n) is 8.74. The molecule has 0 radical (unpaired) electrons. The van der Waals surface area contributed by atoms with Crippen LogP contribution in [-0.4, -0.2) is 33.2 Å². The molecule has 0 atom stereocenters.